The van der Waals surface area contributed by atoms with E-state index in [1.165, 1.54) is 15.9 Å². The van der Waals surface area contributed by atoms with Gasteiger partial charge in [0.25, 0.3) is 5.56 Å². The van der Waals surface area contributed by atoms with Crippen LogP contribution in [0.25, 0.3) is 32.9 Å². The highest BCUT2D eigenvalue weighted by Gasteiger charge is 2.17. The molecule has 0 bridgehead atoms. The second-order valence-corrected chi connectivity index (χ2v) is 6.67. The normalized spacial score (nSPS) is 11.4. The minimum absolute atomic E-state index is 0.261. The smallest absolute Gasteiger partial charge is 0.266 e. The summed E-state index contributed by atoms with van der Waals surface area (Å²) >= 11 is 1.39. The van der Waals surface area contributed by atoms with E-state index in [2.05, 4.69) is 20.3 Å². The van der Waals surface area contributed by atoms with E-state index >= 15 is 0 Å². The van der Waals surface area contributed by atoms with E-state index in [-0.39, 0.29) is 11.1 Å². The van der Waals surface area contributed by atoms with Gasteiger partial charge in [-0.25, -0.2) is 9.50 Å². The van der Waals surface area contributed by atoms with Gasteiger partial charge in [-0.3, -0.25) is 9.36 Å². The standard InChI is InChI=1S/C18H12N6OS/c1-11-14(12-5-3-2-4-6-12)16-21-20-15-13(24(16)22-11)7-9-23(17(15)25)18-19-8-10-26-18/h2-10H,1H3. The molecule has 0 N–H and O–H groups in total. The van der Waals surface area contributed by atoms with E-state index in [9.17, 15) is 4.79 Å². The first-order valence-electron chi connectivity index (χ1n) is 7.97. The minimum Gasteiger partial charge on any atom is -0.266 e. The number of fused-ring (bicyclic) bond motifs is 3. The molecule has 0 saturated heterocycles. The number of rotatable bonds is 2. The van der Waals surface area contributed by atoms with E-state index < -0.39 is 0 Å². The van der Waals surface area contributed by atoms with Crippen molar-refractivity contribution in [1.29, 1.82) is 0 Å². The summed E-state index contributed by atoms with van der Waals surface area (Å²) in [6.45, 7) is 1.93. The third kappa shape index (κ3) is 2.09. The second kappa shape index (κ2) is 5.57. The molecule has 126 valence electrons. The zero-order valence-corrected chi connectivity index (χ0v) is 14.5. The van der Waals surface area contributed by atoms with Gasteiger partial charge >= 0.3 is 0 Å². The number of thiazole rings is 1. The molecule has 5 aromatic rings. The quantitative estimate of drug-likeness (QED) is 0.484. The van der Waals surface area contributed by atoms with Gasteiger partial charge in [-0.05, 0) is 18.6 Å². The minimum atomic E-state index is -0.263. The first-order chi connectivity index (χ1) is 12.7. The Hall–Kier alpha value is -3.39. The predicted octanol–water partition coefficient (Wildman–Crippen LogP) is 2.86. The second-order valence-electron chi connectivity index (χ2n) is 5.80. The summed E-state index contributed by atoms with van der Waals surface area (Å²) < 4.78 is 3.16. The molecular formula is C18H12N6OS. The molecule has 0 amide bonds. The van der Waals surface area contributed by atoms with Gasteiger partial charge in [-0.1, -0.05) is 30.3 Å². The molecule has 7 nitrogen and oxygen atoms in total. The third-order valence-electron chi connectivity index (χ3n) is 4.24. The molecule has 0 fully saturated rings. The number of aromatic nitrogens is 6. The van der Waals surface area contributed by atoms with Crippen LogP contribution in [-0.4, -0.2) is 29.4 Å². The molecule has 0 radical (unpaired) electrons. The van der Waals surface area contributed by atoms with Gasteiger partial charge in [-0.2, -0.15) is 5.10 Å². The Morgan fingerprint density at radius 3 is 2.69 bits per heavy atom. The lowest BCUT2D eigenvalue weighted by Gasteiger charge is -2.04. The van der Waals surface area contributed by atoms with Crippen LogP contribution >= 0.6 is 11.3 Å². The van der Waals surface area contributed by atoms with Gasteiger partial charge in [-0.15, -0.1) is 21.5 Å². The summed E-state index contributed by atoms with van der Waals surface area (Å²) in [5.41, 5.74) is 4.03. The molecule has 0 aliphatic heterocycles. The van der Waals surface area contributed by atoms with Crippen molar-refractivity contribution < 1.29 is 0 Å². The van der Waals surface area contributed by atoms with Crippen molar-refractivity contribution in [2.75, 3.05) is 0 Å². The number of pyridine rings is 1. The summed E-state index contributed by atoms with van der Waals surface area (Å²) in [5.74, 6) is 0. The molecule has 0 aliphatic rings. The van der Waals surface area contributed by atoms with Crippen molar-refractivity contribution in [3.8, 4) is 16.3 Å². The van der Waals surface area contributed by atoms with Gasteiger partial charge in [0, 0.05) is 17.8 Å². The average Bonchev–Trinajstić information content (AvgIpc) is 3.30. The van der Waals surface area contributed by atoms with E-state index in [1.807, 2.05) is 48.7 Å². The van der Waals surface area contributed by atoms with Gasteiger partial charge in [0.15, 0.2) is 16.3 Å². The van der Waals surface area contributed by atoms with Gasteiger partial charge < -0.3 is 0 Å². The molecule has 8 heteroatoms. The molecule has 5 rings (SSSR count). The van der Waals surface area contributed by atoms with Gasteiger partial charge in [0.1, 0.15) is 5.52 Å². The fraction of sp³-hybridized carbons (Fsp3) is 0.0556. The van der Waals surface area contributed by atoms with Crippen molar-refractivity contribution in [1.82, 2.24) is 29.4 Å². The first-order valence-corrected chi connectivity index (χ1v) is 8.84. The molecular weight excluding hydrogens is 348 g/mol. The monoisotopic (exact) mass is 360 g/mol. The molecule has 1 aromatic carbocycles. The van der Waals surface area contributed by atoms with Crippen LogP contribution in [-0.2, 0) is 0 Å². The summed E-state index contributed by atoms with van der Waals surface area (Å²) in [5, 5.41) is 15.5. The van der Waals surface area contributed by atoms with Crippen molar-refractivity contribution in [3.63, 3.8) is 0 Å². The summed E-state index contributed by atoms with van der Waals surface area (Å²) in [7, 11) is 0. The Balaban J connectivity index is 1.82. The first kappa shape index (κ1) is 14.9. The fourth-order valence-corrected chi connectivity index (χ4v) is 3.70. The molecule has 26 heavy (non-hydrogen) atoms. The molecule has 4 heterocycles. The maximum atomic E-state index is 12.8. The lowest BCUT2D eigenvalue weighted by Crippen LogP contribution is -2.20. The molecule has 0 aliphatic carbocycles. The molecule has 0 atom stereocenters. The van der Waals surface area contributed by atoms with Crippen LogP contribution < -0.4 is 5.56 Å². The van der Waals surface area contributed by atoms with Crippen LogP contribution in [0.5, 0.6) is 0 Å². The molecule has 0 saturated carbocycles. The molecule has 4 aromatic heterocycles. The van der Waals surface area contributed by atoms with Crippen LogP contribution in [0.15, 0.2) is 59.0 Å². The van der Waals surface area contributed by atoms with Gasteiger partial charge in [0.05, 0.1) is 11.3 Å². The van der Waals surface area contributed by atoms with Crippen LogP contribution in [0.4, 0.5) is 0 Å². The maximum Gasteiger partial charge on any atom is 0.286 e. The van der Waals surface area contributed by atoms with Crippen LogP contribution in [0.3, 0.4) is 0 Å². The number of nitrogens with zero attached hydrogens (tertiary/aromatic N) is 6. The van der Waals surface area contributed by atoms with Gasteiger partial charge in [0.2, 0.25) is 0 Å². The third-order valence-corrected chi connectivity index (χ3v) is 5.01. The topological polar surface area (TPSA) is 78.0 Å². The zero-order valence-electron chi connectivity index (χ0n) is 13.7. The van der Waals surface area contributed by atoms with Crippen molar-refractivity contribution >= 4 is 28.0 Å². The highest BCUT2D eigenvalue weighted by atomic mass is 32.1. The Kier molecular flexibility index (Phi) is 3.19. The van der Waals surface area contributed by atoms with Crippen molar-refractivity contribution in [2.24, 2.45) is 0 Å². The van der Waals surface area contributed by atoms with Crippen LogP contribution in [0, 0.1) is 6.92 Å². The summed E-state index contributed by atoms with van der Waals surface area (Å²) in [6, 6.07) is 11.7. The van der Waals surface area contributed by atoms with Crippen LogP contribution in [0.1, 0.15) is 5.69 Å². The Labute approximate surface area is 151 Å². The highest BCUT2D eigenvalue weighted by Crippen LogP contribution is 2.27. The lowest BCUT2D eigenvalue weighted by atomic mass is 10.1. The fourth-order valence-electron chi connectivity index (χ4n) is 3.08. The van der Waals surface area contributed by atoms with E-state index in [0.717, 1.165) is 16.8 Å². The number of aryl methyl sites for hydroxylation is 1. The SMILES string of the molecule is Cc1nn2c(nnc3c(=O)n(-c4nccs4)ccc32)c1-c1ccccc1. The lowest BCUT2D eigenvalue weighted by molar-refractivity contribution is 0.903. The maximum absolute atomic E-state index is 12.8. The number of benzene rings is 1. The molecule has 0 unspecified atom stereocenters. The Morgan fingerprint density at radius 1 is 1.08 bits per heavy atom. The van der Waals surface area contributed by atoms with E-state index in [1.54, 1.807) is 16.9 Å². The predicted molar refractivity (Wildman–Crippen MR) is 99.7 cm³/mol. The van der Waals surface area contributed by atoms with Crippen molar-refractivity contribution in [2.45, 2.75) is 6.92 Å². The summed E-state index contributed by atoms with van der Waals surface area (Å²) in [6.07, 6.45) is 3.36. The van der Waals surface area contributed by atoms with Crippen molar-refractivity contribution in [3.05, 3.63) is 70.2 Å². The largest absolute Gasteiger partial charge is 0.286 e. The molecule has 0 spiro atoms. The Morgan fingerprint density at radius 2 is 1.92 bits per heavy atom. The highest BCUT2D eigenvalue weighted by molar-refractivity contribution is 7.12. The van der Waals surface area contributed by atoms with E-state index in [4.69, 9.17) is 0 Å². The number of hydrogen-bond acceptors (Lipinski definition) is 6. The van der Waals surface area contributed by atoms with Crippen LogP contribution in [0.2, 0.25) is 0 Å². The van der Waals surface area contributed by atoms with E-state index in [0.29, 0.717) is 16.3 Å². The summed E-state index contributed by atoms with van der Waals surface area (Å²) in [4.78, 5) is 17.0. The Bertz CT molecular complexity index is 1300. The zero-order chi connectivity index (χ0) is 17.7. The average molecular weight is 360 g/mol. The number of hydrogen-bond donors (Lipinski definition) is 0.